The van der Waals surface area contributed by atoms with Gasteiger partial charge in [0.25, 0.3) is 0 Å². The molecule has 2 rings (SSSR count). The number of hydrogen-bond acceptors (Lipinski definition) is 2. The van der Waals surface area contributed by atoms with Crippen LogP contribution in [0.25, 0.3) is 10.8 Å². The Kier molecular flexibility index (Phi) is 2.86. The summed E-state index contributed by atoms with van der Waals surface area (Å²) >= 11 is 0. The molecule has 2 aromatic rings. The Labute approximate surface area is 95.0 Å². The summed E-state index contributed by atoms with van der Waals surface area (Å²) in [6, 6.07) is 7.92. The monoisotopic (exact) mass is 213 g/mol. The zero-order valence-electron chi connectivity index (χ0n) is 9.51. The van der Waals surface area contributed by atoms with Crippen LogP contribution in [0.1, 0.15) is 13.8 Å². The SMILES string of the molecule is CC(C)C(N)=Nc1cccc2cnccc12. The van der Waals surface area contributed by atoms with E-state index in [4.69, 9.17) is 5.73 Å². The third-order valence-corrected chi connectivity index (χ3v) is 2.50. The highest BCUT2D eigenvalue weighted by Crippen LogP contribution is 2.25. The van der Waals surface area contributed by atoms with Crippen LogP contribution in [0.5, 0.6) is 0 Å². The molecule has 1 aromatic carbocycles. The number of pyridine rings is 1. The van der Waals surface area contributed by atoms with Gasteiger partial charge in [-0.05, 0) is 12.1 Å². The van der Waals surface area contributed by atoms with Gasteiger partial charge in [-0.15, -0.1) is 0 Å². The van der Waals surface area contributed by atoms with Gasteiger partial charge in [0.15, 0.2) is 0 Å². The van der Waals surface area contributed by atoms with E-state index in [1.54, 1.807) is 6.20 Å². The molecule has 3 heteroatoms. The first kappa shape index (κ1) is 10.6. The number of amidine groups is 1. The number of nitrogens with two attached hydrogens (primary N) is 1. The minimum atomic E-state index is 0.261. The predicted molar refractivity (Wildman–Crippen MR) is 67.9 cm³/mol. The van der Waals surface area contributed by atoms with Gasteiger partial charge in [0.1, 0.15) is 5.84 Å². The minimum Gasteiger partial charge on any atom is -0.387 e. The molecule has 1 aromatic heterocycles. The van der Waals surface area contributed by atoms with Crippen molar-refractivity contribution in [2.45, 2.75) is 13.8 Å². The average molecular weight is 213 g/mol. The first-order chi connectivity index (χ1) is 7.68. The number of benzene rings is 1. The van der Waals surface area contributed by atoms with Crippen LogP contribution in [0, 0.1) is 5.92 Å². The van der Waals surface area contributed by atoms with Crippen LogP contribution in [-0.4, -0.2) is 10.8 Å². The molecule has 0 saturated carbocycles. The van der Waals surface area contributed by atoms with E-state index in [1.807, 2.05) is 44.3 Å². The van der Waals surface area contributed by atoms with Gasteiger partial charge in [0.2, 0.25) is 0 Å². The van der Waals surface area contributed by atoms with Crippen molar-refractivity contribution >= 4 is 22.3 Å². The summed E-state index contributed by atoms with van der Waals surface area (Å²) in [6.45, 7) is 4.07. The van der Waals surface area contributed by atoms with Crippen molar-refractivity contribution in [3.05, 3.63) is 36.7 Å². The highest BCUT2D eigenvalue weighted by Gasteiger charge is 2.02. The van der Waals surface area contributed by atoms with Crippen LogP contribution in [0.3, 0.4) is 0 Å². The molecule has 0 fully saturated rings. The summed E-state index contributed by atoms with van der Waals surface area (Å²) in [5.74, 6) is 0.918. The predicted octanol–water partition coefficient (Wildman–Crippen LogP) is 2.88. The summed E-state index contributed by atoms with van der Waals surface area (Å²) in [5.41, 5.74) is 6.78. The fourth-order valence-electron chi connectivity index (χ4n) is 1.47. The standard InChI is InChI=1S/C13H15N3/c1-9(2)13(14)16-12-5-3-4-10-8-15-7-6-11(10)12/h3-9H,1-2H3,(H2,14,16). The summed E-state index contributed by atoms with van der Waals surface area (Å²) in [7, 11) is 0. The van der Waals surface area contributed by atoms with Crippen molar-refractivity contribution in [2.75, 3.05) is 0 Å². The molecular weight excluding hydrogens is 198 g/mol. The van der Waals surface area contributed by atoms with Gasteiger partial charge in [-0.1, -0.05) is 26.0 Å². The summed E-state index contributed by atoms with van der Waals surface area (Å²) in [4.78, 5) is 8.54. The van der Waals surface area contributed by atoms with E-state index in [-0.39, 0.29) is 5.92 Å². The Balaban J connectivity index is 2.57. The number of hydrogen-bond donors (Lipinski definition) is 1. The molecule has 82 valence electrons. The Morgan fingerprint density at radius 3 is 2.88 bits per heavy atom. The van der Waals surface area contributed by atoms with Crippen LogP contribution >= 0.6 is 0 Å². The molecule has 0 spiro atoms. The van der Waals surface area contributed by atoms with E-state index >= 15 is 0 Å². The van der Waals surface area contributed by atoms with E-state index in [9.17, 15) is 0 Å². The van der Waals surface area contributed by atoms with Gasteiger partial charge in [0, 0.05) is 29.1 Å². The molecule has 0 aliphatic carbocycles. The van der Waals surface area contributed by atoms with E-state index in [2.05, 4.69) is 9.98 Å². The Morgan fingerprint density at radius 1 is 1.31 bits per heavy atom. The normalized spacial score (nSPS) is 12.3. The van der Waals surface area contributed by atoms with Crippen molar-refractivity contribution < 1.29 is 0 Å². The molecular formula is C13H15N3. The van der Waals surface area contributed by atoms with Crippen LogP contribution in [0.2, 0.25) is 0 Å². The second-order valence-electron chi connectivity index (χ2n) is 4.07. The molecule has 0 atom stereocenters. The second-order valence-corrected chi connectivity index (χ2v) is 4.07. The lowest BCUT2D eigenvalue weighted by atomic mass is 10.1. The van der Waals surface area contributed by atoms with E-state index in [0.717, 1.165) is 16.5 Å². The van der Waals surface area contributed by atoms with Crippen molar-refractivity contribution in [1.29, 1.82) is 0 Å². The van der Waals surface area contributed by atoms with Crippen molar-refractivity contribution in [1.82, 2.24) is 4.98 Å². The quantitative estimate of drug-likeness (QED) is 0.616. The highest BCUT2D eigenvalue weighted by atomic mass is 14.9. The van der Waals surface area contributed by atoms with Crippen molar-refractivity contribution in [3.8, 4) is 0 Å². The van der Waals surface area contributed by atoms with Crippen molar-refractivity contribution in [2.24, 2.45) is 16.6 Å². The maximum absolute atomic E-state index is 5.87. The lowest BCUT2D eigenvalue weighted by Gasteiger charge is -2.05. The van der Waals surface area contributed by atoms with Gasteiger partial charge >= 0.3 is 0 Å². The summed E-state index contributed by atoms with van der Waals surface area (Å²) < 4.78 is 0. The topological polar surface area (TPSA) is 51.3 Å². The van der Waals surface area contributed by atoms with Gasteiger partial charge < -0.3 is 5.73 Å². The van der Waals surface area contributed by atoms with Gasteiger partial charge in [0.05, 0.1) is 5.69 Å². The molecule has 2 N–H and O–H groups in total. The molecule has 0 saturated heterocycles. The number of nitrogens with zero attached hydrogens (tertiary/aromatic N) is 2. The molecule has 0 amide bonds. The third-order valence-electron chi connectivity index (χ3n) is 2.50. The molecule has 16 heavy (non-hydrogen) atoms. The first-order valence-electron chi connectivity index (χ1n) is 5.35. The number of fused-ring (bicyclic) bond motifs is 1. The van der Waals surface area contributed by atoms with Gasteiger partial charge in [-0.25, -0.2) is 4.99 Å². The smallest absolute Gasteiger partial charge is 0.102 e. The lowest BCUT2D eigenvalue weighted by molar-refractivity contribution is 0.873. The van der Waals surface area contributed by atoms with Crippen LogP contribution in [-0.2, 0) is 0 Å². The molecule has 0 radical (unpaired) electrons. The van der Waals surface area contributed by atoms with E-state index in [1.165, 1.54) is 0 Å². The molecule has 0 aliphatic heterocycles. The van der Waals surface area contributed by atoms with Gasteiger partial charge in [-0.3, -0.25) is 4.98 Å². The lowest BCUT2D eigenvalue weighted by Crippen LogP contribution is -2.18. The van der Waals surface area contributed by atoms with Crippen molar-refractivity contribution in [3.63, 3.8) is 0 Å². The van der Waals surface area contributed by atoms with E-state index in [0.29, 0.717) is 5.84 Å². The molecule has 0 bridgehead atoms. The number of aliphatic imine (C=N–C) groups is 1. The second kappa shape index (κ2) is 4.31. The molecule has 3 nitrogen and oxygen atoms in total. The van der Waals surface area contributed by atoms with Crippen LogP contribution in [0.4, 0.5) is 5.69 Å². The maximum atomic E-state index is 5.87. The third kappa shape index (κ3) is 2.03. The maximum Gasteiger partial charge on any atom is 0.102 e. The number of rotatable bonds is 2. The van der Waals surface area contributed by atoms with Crippen LogP contribution in [0.15, 0.2) is 41.7 Å². The fraction of sp³-hybridized carbons (Fsp3) is 0.231. The Hall–Kier alpha value is -1.90. The average Bonchev–Trinajstić information content (AvgIpc) is 2.29. The Bertz CT molecular complexity index is 524. The van der Waals surface area contributed by atoms with Crippen LogP contribution < -0.4 is 5.73 Å². The zero-order valence-corrected chi connectivity index (χ0v) is 9.51. The molecule has 1 heterocycles. The zero-order chi connectivity index (χ0) is 11.5. The summed E-state index contributed by atoms with van der Waals surface area (Å²) in [5, 5.41) is 2.17. The Morgan fingerprint density at radius 2 is 2.12 bits per heavy atom. The summed E-state index contributed by atoms with van der Waals surface area (Å²) in [6.07, 6.45) is 3.60. The van der Waals surface area contributed by atoms with E-state index < -0.39 is 0 Å². The molecule has 0 aliphatic rings. The van der Waals surface area contributed by atoms with Gasteiger partial charge in [-0.2, -0.15) is 0 Å². The first-order valence-corrected chi connectivity index (χ1v) is 5.35. The number of aromatic nitrogens is 1. The minimum absolute atomic E-state index is 0.261. The largest absolute Gasteiger partial charge is 0.387 e. The highest BCUT2D eigenvalue weighted by molar-refractivity contribution is 5.95. The molecule has 0 unspecified atom stereocenters. The fourth-order valence-corrected chi connectivity index (χ4v) is 1.47.